The molecule has 3 aromatic carbocycles. The lowest BCUT2D eigenvalue weighted by Crippen LogP contribution is -2.50. The van der Waals surface area contributed by atoms with Gasteiger partial charge in [-0.1, -0.05) is 42.5 Å². The number of carbonyl (C=O) groups excluding carboxylic acids is 1. The minimum absolute atomic E-state index is 0.00538. The van der Waals surface area contributed by atoms with Crippen LogP contribution >= 0.6 is 23.2 Å². The molecule has 0 aliphatic carbocycles. The van der Waals surface area contributed by atoms with Crippen molar-refractivity contribution in [3.63, 3.8) is 0 Å². The van der Waals surface area contributed by atoms with Crippen LogP contribution in [0.4, 0.5) is 0 Å². The van der Waals surface area contributed by atoms with Gasteiger partial charge in [-0.3, -0.25) is 4.90 Å². The highest BCUT2D eigenvalue weighted by Gasteiger charge is 2.33. The van der Waals surface area contributed by atoms with Gasteiger partial charge in [-0.15, -0.1) is 23.2 Å². The summed E-state index contributed by atoms with van der Waals surface area (Å²) in [6.07, 6.45) is -0.716. The number of sulfonamides is 1. The molecule has 37 heavy (non-hydrogen) atoms. The van der Waals surface area contributed by atoms with E-state index < -0.39 is 28.2 Å². The Morgan fingerprint density at radius 1 is 0.919 bits per heavy atom. The Morgan fingerprint density at radius 2 is 1.59 bits per heavy atom. The van der Waals surface area contributed by atoms with Gasteiger partial charge in [0.25, 0.3) is 0 Å². The van der Waals surface area contributed by atoms with Gasteiger partial charge in [0.2, 0.25) is 10.0 Å². The van der Waals surface area contributed by atoms with E-state index in [-0.39, 0.29) is 16.7 Å². The molecule has 0 saturated carbocycles. The third kappa shape index (κ3) is 7.03. The summed E-state index contributed by atoms with van der Waals surface area (Å²) >= 11 is 12.6. The van der Waals surface area contributed by atoms with E-state index in [4.69, 9.17) is 32.7 Å². The van der Waals surface area contributed by atoms with Crippen molar-refractivity contribution < 1.29 is 22.7 Å². The Labute approximate surface area is 228 Å². The number of hydrogen-bond donors (Lipinski definition) is 0. The maximum absolute atomic E-state index is 13.5. The first-order valence-corrected chi connectivity index (χ1v) is 14.0. The molecule has 0 aromatic heterocycles. The van der Waals surface area contributed by atoms with Crippen molar-refractivity contribution in [3.05, 3.63) is 95.6 Å². The molecule has 0 N–H and O–H groups in total. The van der Waals surface area contributed by atoms with E-state index in [2.05, 4.69) is 0 Å². The summed E-state index contributed by atoms with van der Waals surface area (Å²) < 4.78 is 38.7. The molecule has 0 aliphatic heterocycles. The van der Waals surface area contributed by atoms with E-state index in [1.807, 2.05) is 36.4 Å². The molecule has 0 saturated heterocycles. The highest BCUT2D eigenvalue weighted by atomic mass is 35.5. The van der Waals surface area contributed by atoms with Crippen molar-refractivity contribution in [3.8, 4) is 5.75 Å². The zero-order valence-corrected chi connectivity index (χ0v) is 23.2. The van der Waals surface area contributed by atoms with E-state index in [0.29, 0.717) is 17.9 Å². The number of methoxy groups -OCH3 is 1. The summed E-state index contributed by atoms with van der Waals surface area (Å²) in [5, 5.41) is 0. The van der Waals surface area contributed by atoms with E-state index in [0.717, 1.165) is 11.1 Å². The lowest BCUT2D eigenvalue weighted by molar-refractivity contribution is 0.0600. The van der Waals surface area contributed by atoms with E-state index in [1.54, 1.807) is 42.3 Å². The molecule has 10 heteroatoms. The lowest BCUT2D eigenvalue weighted by Gasteiger charge is -2.38. The number of hydrogen-bond acceptors (Lipinski definition) is 6. The molecule has 0 amide bonds. The fourth-order valence-corrected chi connectivity index (χ4v) is 6.13. The summed E-state index contributed by atoms with van der Waals surface area (Å²) in [4.78, 5) is 13.9. The Balaban J connectivity index is 1.77. The molecule has 7 nitrogen and oxygen atoms in total. The first-order valence-electron chi connectivity index (χ1n) is 11.5. The molecule has 2 unspecified atom stereocenters. The van der Waals surface area contributed by atoms with Crippen molar-refractivity contribution in [1.82, 2.24) is 9.21 Å². The third-order valence-corrected chi connectivity index (χ3v) is 8.55. The van der Waals surface area contributed by atoms with Crippen LogP contribution in [0.15, 0.2) is 83.8 Å². The average molecular weight is 566 g/mol. The van der Waals surface area contributed by atoms with Gasteiger partial charge in [-0.05, 0) is 54.6 Å². The van der Waals surface area contributed by atoms with E-state index in [1.165, 1.54) is 30.6 Å². The van der Waals surface area contributed by atoms with Gasteiger partial charge < -0.3 is 9.47 Å². The van der Waals surface area contributed by atoms with Crippen LogP contribution in [0, 0.1) is 0 Å². The largest absolute Gasteiger partial charge is 0.489 e. The van der Waals surface area contributed by atoms with Gasteiger partial charge in [0.05, 0.1) is 29.6 Å². The number of ether oxygens (including phenoxy) is 2. The second kappa shape index (κ2) is 13.3. The molecule has 0 heterocycles. The Bertz CT molecular complexity index is 1270. The second-order valence-electron chi connectivity index (χ2n) is 8.35. The van der Waals surface area contributed by atoms with Crippen molar-refractivity contribution >= 4 is 39.2 Å². The molecule has 3 rings (SSSR count). The van der Waals surface area contributed by atoms with Crippen LogP contribution in [0.25, 0.3) is 0 Å². The highest BCUT2D eigenvalue weighted by molar-refractivity contribution is 7.89. The SMILES string of the molecule is COC(=O)c1cccc(C(CCl)N(C)C(CCl)N(C)S(=O)(=O)c2ccc(OCc3ccccc3)cc2)c1. The lowest BCUT2D eigenvalue weighted by atomic mass is 10.0. The van der Waals surface area contributed by atoms with Gasteiger partial charge in [0.15, 0.2) is 0 Å². The fraction of sp³-hybridized carbons (Fsp3) is 0.296. The molecule has 198 valence electrons. The minimum Gasteiger partial charge on any atom is -0.489 e. The van der Waals surface area contributed by atoms with Crippen LogP contribution in [0.1, 0.15) is 27.5 Å². The molecule has 0 bridgehead atoms. The van der Waals surface area contributed by atoms with Crippen molar-refractivity contribution in [1.29, 1.82) is 0 Å². The highest BCUT2D eigenvalue weighted by Crippen LogP contribution is 2.28. The number of carbonyl (C=O) groups is 1. The van der Waals surface area contributed by atoms with Crippen LogP contribution < -0.4 is 4.74 Å². The van der Waals surface area contributed by atoms with Crippen LogP contribution in [-0.2, 0) is 21.4 Å². The smallest absolute Gasteiger partial charge is 0.337 e. The van der Waals surface area contributed by atoms with Crippen LogP contribution in [-0.4, -0.2) is 62.7 Å². The van der Waals surface area contributed by atoms with E-state index in [9.17, 15) is 13.2 Å². The quantitative estimate of drug-likeness (QED) is 0.172. The van der Waals surface area contributed by atoms with Gasteiger partial charge in [-0.2, -0.15) is 4.31 Å². The number of rotatable bonds is 12. The summed E-state index contributed by atoms with van der Waals surface area (Å²) in [7, 11) is 0.645. The molecule has 0 radical (unpaired) electrons. The molecular formula is C27H30Cl2N2O5S. The fourth-order valence-electron chi connectivity index (χ4n) is 3.87. The summed E-state index contributed by atoms with van der Waals surface area (Å²) in [6.45, 7) is 0.378. The Morgan fingerprint density at radius 3 is 2.19 bits per heavy atom. The number of esters is 1. The third-order valence-electron chi connectivity index (χ3n) is 6.11. The molecule has 0 fully saturated rings. The molecule has 0 spiro atoms. The van der Waals surface area contributed by atoms with Crippen molar-refractivity contribution in [2.24, 2.45) is 0 Å². The maximum atomic E-state index is 13.5. The van der Waals surface area contributed by atoms with Crippen LogP contribution in [0.2, 0.25) is 0 Å². The number of halogens is 2. The summed E-state index contributed by atoms with van der Waals surface area (Å²) in [5.41, 5.74) is 2.13. The Hall–Kier alpha value is -2.62. The standard InChI is InChI=1S/C27H30Cl2N2O5S/c1-30(25(17-28)21-10-7-11-22(16-21)27(32)35-3)26(18-29)31(2)37(33,34)24-14-12-23(13-15-24)36-19-20-8-5-4-6-9-20/h4-16,25-26H,17-19H2,1-3H3. The zero-order chi connectivity index (χ0) is 27.0. The summed E-state index contributed by atoms with van der Waals surface area (Å²) in [6, 6.07) is 22.4. The van der Waals surface area contributed by atoms with Gasteiger partial charge >= 0.3 is 5.97 Å². The Kier molecular flexibility index (Phi) is 10.4. The van der Waals surface area contributed by atoms with Gasteiger partial charge in [0.1, 0.15) is 12.4 Å². The van der Waals surface area contributed by atoms with E-state index >= 15 is 0 Å². The van der Waals surface area contributed by atoms with Crippen LogP contribution in [0.5, 0.6) is 5.75 Å². The maximum Gasteiger partial charge on any atom is 0.337 e. The molecular weight excluding hydrogens is 535 g/mol. The zero-order valence-electron chi connectivity index (χ0n) is 20.9. The molecule has 0 aliphatic rings. The van der Waals surface area contributed by atoms with Crippen molar-refractivity contribution in [2.75, 3.05) is 33.0 Å². The average Bonchev–Trinajstić information content (AvgIpc) is 2.93. The topological polar surface area (TPSA) is 76.2 Å². The second-order valence-corrected chi connectivity index (χ2v) is 11.0. The van der Waals surface area contributed by atoms with Crippen LogP contribution in [0.3, 0.4) is 0 Å². The van der Waals surface area contributed by atoms with Crippen molar-refractivity contribution in [2.45, 2.75) is 23.7 Å². The predicted molar refractivity (Wildman–Crippen MR) is 146 cm³/mol. The number of nitrogens with zero attached hydrogens (tertiary/aromatic N) is 2. The predicted octanol–water partition coefficient (Wildman–Crippen LogP) is 5.15. The number of benzene rings is 3. The monoisotopic (exact) mass is 564 g/mol. The van der Waals surface area contributed by atoms with Gasteiger partial charge in [0, 0.05) is 19.0 Å². The first-order chi connectivity index (χ1) is 17.7. The number of alkyl halides is 2. The molecule has 2 atom stereocenters. The molecule has 3 aromatic rings. The summed E-state index contributed by atoms with van der Waals surface area (Å²) in [5.74, 6) is 0.233. The normalized spacial score (nSPS) is 13.4. The first kappa shape index (κ1) is 28.9. The van der Waals surface area contributed by atoms with Gasteiger partial charge in [-0.25, -0.2) is 13.2 Å². The minimum atomic E-state index is -3.89.